The fraction of sp³-hybridized carbons (Fsp3) is 0.533. The van der Waals surface area contributed by atoms with Crippen LogP contribution < -0.4 is 10.6 Å². The first-order valence-electron chi connectivity index (χ1n) is 7.44. The van der Waals surface area contributed by atoms with E-state index in [2.05, 4.69) is 0 Å². The smallest absolute Gasteiger partial charge is 0.292 e. The van der Waals surface area contributed by atoms with Gasteiger partial charge in [0.15, 0.2) is 0 Å². The highest BCUT2D eigenvalue weighted by Gasteiger charge is 2.28. The van der Waals surface area contributed by atoms with E-state index in [9.17, 15) is 14.9 Å². The van der Waals surface area contributed by atoms with Crippen molar-refractivity contribution in [2.45, 2.75) is 19.9 Å². The van der Waals surface area contributed by atoms with E-state index >= 15 is 0 Å². The van der Waals surface area contributed by atoms with Crippen LogP contribution in [0.2, 0.25) is 0 Å². The van der Waals surface area contributed by atoms with Crippen molar-refractivity contribution in [2.75, 3.05) is 31.1 Å². The number of carbonyl (C=O) groups is 1. The summed E-state index contributed by atoms with van der Waals surface area (Å²) in [5.41, 5.74) is 6.50. The van der Waals surface area contributed by atoms with E-state index in [1.54, 1.807) is 23.1 Å². The number of piperazine rings is 1. The van der Waals surface area contributed by atoms with Gasteiger partial charge in [0.05, 0.1) is 10.8 Å². The van der Waals surface area contributed by atoms with Crippen LogP contribution in [0.5, 0.6) is 0 Å². The maximum absolute atomic E-state index is 12.3. The Morgan fingerprint density at radius 2 is 1.78 bits per heavy atom. The van der Waals surface area contributed by atoms with E-state index in [0.717, 1.165) is 0 Å². The van der Waals surface area contributed by atoms with Crippen molar-refractivity contribution in [3.05, 3.63) is 34.4 Å². The van der Waals surface area contributed by atoms with Crippen LogP contribution in [-0.4, -0.2) is 48.0 Å². The van der Waals surface area contributed by atoms with Gasteiger partial charge in [0.2, 0.25) is 5.91 Å². The Morgan fingerprint density at radius 1 is 1.22 bits per heavy atom. The summed E-state index contributed by atoms with van der Waals surface area (Å²) in [5, 5.41) is 11.1. The summed E-state index contributed by atoms with van der Waals surface area (Å²) < 4.78 is 0. The zero-order chi connectivity index (χ0) is 16.3. The van der Waals surface area contributed by atoms with Gasteiger partial charge in [-0.25, -0.2) is 0 Å². The number of nitro groups is 1. The third kappa shape index (κ3) is 4.33. The highest BCUT2D eigenvalue weighted by atomic mass is 35.5. The minimum atomic E-state index is -0.370. The molecular formula is C15H23ClN4O3. The Hall–Kier alpha value is -1.86. The SMILES string of the molecule is CC(N)C(C)C(=O)N1CCN(c2ccccc2[N+](=O)[O-])CC1.Cl. The lowest BCUT2D eigenvalue weighted by Gasteiger charge is -2.37. The van der Waals surface area contributed by atoms with Gasteiger partial charge in [0, 0.05) is 38.3 Å². The molecule has 1 aromatic rings. The molecule has 1 fully saturated rings. The number of nitrogens with two attached hydrogens (primary N) is 1. The maximum atomic E-state index is 12.3. The van der Waals surface area contributed by atoms with Gasteiger partial charge in [-0.1, -0.05) is 19.1 Å². The van der Waals surface area contributed by atoms with Crippen molar-refractivity contribution < 1.29 is 9.72 Å². The normalized spacial score (nSPS) is 17.2. The standard InChI is InChI=1S/C15H22N4O3.ClH/c1-11(12(2)16)15(20)18-9-7-17(8-10-18)13-5-3-4-6-14(13)19(21)22;/h3-6,11-12H,7-10,16H2,1-2H3;1H. The van der Waals surface area contributed by atoms with E-state index < -0.39 is 0 Å². The van der Waals surface area contributed by atoms with Gasteiger partial charge in [0.25, 0.3) is 5.69 Å². The molecule has 0 saturated carbocycles. The highest BCUT2D eigenvalue weighted by Crippen LogP contribution is 2.28. The zero-order valence-electron chi connectivity index (χ0n) is 13.3. The van der Waals surface area contributed by atoms with Gasteiger partial charge < -0.3 is 15.5 Å². The second-order valence-corrected chi connectivity index (χ2v) is 5.71. The Labute approximate surface area is 142 Å². The van der Waals surface area contributed by atoms with E-state index in [-0.39, 0.29) is 40.9 Å². The fourth-order valence-electron chi connectivity index (χ4n) is 2.57. The Kier molecular flexibility index (Phi) is 6.78. The van der Waals surface area contributed by atoms with Gasteiger partial charge in [-0.15, -0.1) is 12.4 Å². The first-order chi connectivity index (χ1) is 10.4. The molecule has 0 aromatic heterocycles. The topological polar surface area (TPSA) is 92.7 Å². The number of nitro benzene ring substituents is 1. The number of hydrogen-bond donors (Lipinski definition) is 1. The summed E-state index contributed by atoms with van der Waals surface area (Å²) >= 11 is 0. The molecule has 1 amide bonds. The van der Waals surface area contributed by atoms with Crippen molar-refractivity contribution in [1.82, 2.24) is 4.90 Å². The summed E-state index contributed by atoms with van der Waals surface area (Å²) in [5.74, 6) is -0.158. The van der Waals surface area contributed by atoms with Crippen molar-refractivity contribution in [3.63, 3.8) is 0 Å². The molecule has 2 rings (SSSR count). The number of nitrogens with zero attached hydrogens (tertiary/aromatic N) is 3. The predicted molar refractivity (Wildman–Crippen MR) is 92.0 cm³/mol. The lowest BCUT2D eigenvalue weighted by molar-refractivity contribution is -0.384. The third-order valence-corrected chi connectivity index (χ3v) is 4.19. The minimum absolute atomic E-state index is 0. The molecular weight excluding hydrogens is 320 g/mol. The molecule has 1 aromatic carbocycles. The lowest BCUT2D eigenvalue weighted by Crippen LogP contribution is -2.52. The van der Waals surface area contributed by atoms with E-state index in [4.69, 9.17) is 5.73 Å². The Morgan fingerprint density at radius 3 is 2.30 bits per heavy atom. The third-order valence-electron chi connectivity index (χ3n) is 4.19. The van der Waals surface area contributed by atoms with Crippen molar-refractivity contribution in [2.24, 2.45) is 11.7 Å². The number of para-hydroxylation sites is 2. The second-order valence-electron chi connectivity index (χ2n) is 5.71. The summed E-state index contributed by atoms with van der Waals surface area (Å²) in [7, 11) is 0. The van der Waals surface area contributed by atoms with Crippen LogP contribution in [-0.2, 0) is 4.79 Å². The van der Waals surface area contributed by atoms with Crippen molar-refractivity contribution in [3.8, 4) is 0 Å². The number of amides is 1. The van der Waals surface area contributed by atoms with Crippen LogP contribution in [0.1, 0.15) is 13.8 Å². The monoisotopic (exact) mass is 342 g/mol. The average Bonchev–Trinajstić information content (AvgIpc) is 2.53. The minimum Gasteiger partial charge on any atom is -0.362 e. The van der Waals surface area contributed by atoms with E-state index in [0.29, 0.717) is 31.9 Å². The van der Waals surface area contributed by atoms with Crippen LogP contribution in [0.15, 0.2) is 24.3 Å². The molecule has 2 unspecified atom stereocenters. The van der Waals surface area contributed by atoms with Crippen LogP contribution in [0.4, 0.5) is 11.4 Å². The molecule has 1 heterocycles. The molecule has 1 saturated heterocycles. The average molecular weight is 343 g/mol. The number of carbonyl (C=O) groups excluding carboxylic acids is 1. The van der Waals surface area contributed by atoms with Crippen LogP contribution >= 0.6 is 12.4 Å². The summed E-state index contributed by atoms with van der Waals surface area (Å²) in [6.45, 7) is 5.95. The summed E-state index contributed by atoms with van der Waals surface area (Å²) in [6, 6.07) is 6.52. The number of halogens is 1. The highest BCUT2D eigenvalue weighted by molar-refractivity contribution is 5.85. The molecule has 7 nitrogen and oxygen atoms in total. The fourth-order valence-corrected chi connectivity index (χ4v) is 2.57. The lowest BCUT2D eigenvalue weighted by atomic mass is 10.0. The molecule has 1 aliphatic rings. The van der Waals surface area contributed by atoms with E-state index in [1.165, 1.54) is 6.07 Å². The van der Waals surface area contributed by atoms with Crippen LogP contribution in [0, 0.1) is 16.0 Å². The largest absolute Gasteiger partial charge is 0.362 e. The van der Waals surface area contributed by atoms with Crippen molar-refractivity contribution >= 4 is 29.7 Å². The van der Waals surface area contributed by atoms with Crippen LogP contribution in [0.25, 0.3) is 0 Å². The zero-order valence-corrected chi connectivity index (χ0v) is 14.2. The molecule has 128 valence electrons. The molecule has 1 aliphatic heterocycles. The molecule has 8 heteroatoms. The second kappa shape index (κ2) is 8.12. The van der Waals surface area contributed by atoms with E-state index in [1.807, 2.05) is 18.7 Å². The Balaban J connectivity index is 0.00000264. The molecule has 2 N–H and O–H groups in total. The van der Waals surface area contributed by atoms with Gasteiger partial charge >= 0.3 is 0 Å². The molecule has 0 aliphatic carbocycles. The summed E-state index contributed by atoms with van der Waals surface area (Å²) in [6.07, 6.45) is 0. The van der Waals surface area contributed by atoms with Gasteiger partial charge in [-0.05, 0) is 13.0 Å². The molecule has 0 radical (unpaired) electrons. The number of anilines is 1. The Bertz CT molecular complexity index is 559. The maximum Gasteiger partial charge on any atom is 0.292 e. The molecule has 23 heavy (non-hydrogen) atoms. The van der Waals surface area contributed by atoms with Crippen molar-refractivity contribution in [1.29, 1.82) is 0 Å². The first kappa shape index (κ1) is 19.2. The predicted octanol–water partition coefficient (Wildman–Crippen LogP) is 1.65. The molecule has 0 bridgehead atoms. The number of hydrogen-bond acceptors (Lipinski definition) is 5. The quantitative estimate of drug-likeness (QED) is 0.663. The van der Waals surface area contributed by atoms with Gasteiger partial charge in [0.1, 0.15) is 5.69 Å². The molecule has 2 atom stereocenters. The summed E-state index contributed by atoms with van der Waals surface area (Å²) in [4.78, 5) is 26.8. The van der Waals surface area contributed by atoms with Crippen LogP contribution in [0.3, 0.4) is 0 Å². The number of rotatable bonds is 4. The molecule has 0 spiro atoms. The van der Waals surface area contributed by atoms with Gasteiger partial charge in [-0.2, -0.15) is 0 Å². The number of benzene rings is 1. The first-order valence-corrected chi connectivity index (χ1v) is 7.44. The van der Waals surface area contributed by atoms with Gasteiger partial charge in [-0.3, -0.25) is 14.9 Å².